The van der Waals surface area contributed by atoms with Crippen molar-refractivity contribution in [2.75, 3.05) is 13.7 Å². The fourth-order valence-corrected chi connectivity index (χ4v) is 2.52. The molecule has 1 N–H and O–H groups in total. The molecule has 1 aliphatic heterocycles. The Hall–Kier alpha value is -0.580. The van der Waals surface area contributed by atoms with E-state index in [4.69, 9.17) is 9.47 Å². The number of halogens is 1. The van der Waals surface area contributed by atoms with Crippen molar-refractivity contribution in [2.24, 2.45) is 0 Å². The number of hydrogen-bond acceptors (Lipinski definition) is 3. The second kappa shape index (κ2) is 5.17. The zero-order chi connectivity index (χ0) is 11.5. The van der Waals surface area contributed by atoms with Crippen molar-refractivity contribution < 1.29 is 14.6 Å². The lowest BCUT2D eigenvalue weighted by atomic mass is 10.0. The molecule has 0 saturated carbocycles. The molecule has 0 amide bonds. The van der Waals surface area contributed by atoms with Crippen LogP contribution in [0.4, 0.5) is 0 Å². The van der Waals surface area contributed by atoms with E-state index in [1.54, 1.807) is 7.11 Å². The third kappa shape index (κ3) is 2.39. The first-order valence-corrected chi connectivity index (χ1v) is 6.15. The van der Waals surface area contributed by atoms with Gasteiger partial charge in [-0.15, -0.1) is 0 Å². The molecule has 2 unspecified atom stereocenters. The number of aliphatic hydroxyl groups is 1. The minimum Gasteiger partial charge on any atom is -0.497 e. The number of hydrogen-bond donors (Lipinski definition) is 1. The van der Waals surface area contributed by atoms with Gasteiger partial charge in [0.05, 0.1) is 13.2 Å². The van der Waals surface area contributed by atoms with E-state index in [9.17, 15) is 5.11 Å². The third-order valence-corrected chi connectivity index (χ3v) is 3.53. The summed E-state index contributed by atoms with van der Waals surface area (Å²) in [6.45, 7) is 0.746. The maximum absolute atomic E-state index is 10.2. The summed E-state index contributed by atoms with van der Waals surface area (Å²) in [4.78, 5) is 0. The van der Waals surface area contributed by atoms with Crippen LogP contribution in [0.1, 0.15) is 24.5 Å². The van der Waals surface area contributed by atoms with Crippen LogP contribution in [-0.4, -0.2) is 24.9 Å². The predicted molar refractivity (Wildman–Crippen MR) is 64.6 cm³/mol. The second-order valence-electron chi connectivity index (χ2n) is 3.88. The highest BCUT2D eigenvalue weighted by Crippen LogP contribution is 2.33. The molecule has 0 bridgehead atoms. The van der Waals surface area contributed by atoms with Gasteiger partial charge in [-0.05, 0) is 30.5 Å². The van der Waals surface area contributed by atoms with E-state index in [0.717, 1.165) is 35.2 Å². The Kier molecular flexibility index (Phi) is 3.84. The van der Waals surface area contributed by atoms with Crippen molar-refractivity contribution in [1.29, 1.82) is 0 Å². The normalized spacial score (nSPS) is 22.1. The SMILES string of the molecule is COc1ccc(C(O)C2CCCO2)c(Br)c1. The number of benzene rings is 1. The lowest BCUT2D eigenvalue weighted by Crippen LogP contribution is -2.17. The van der Waals surface area contributed by atoms with Gasteiger partial charge in [-0.25, -0.2) is 0 Å². The van der Waals surface area contributed by atoms with Crippen LogP contribution in [0, 0.1) is 0 Å². The van der Waals surface area contributed by atoms with Gasteiger partial charge in [0.15, 0.2) is 0 Å². The van der Waals surface area contributed by atoms with Gasteiger partial charge >= 0.3 is 0 Å². The third-order valence-electron chi connectivity index (χ3n) is 2.84. The molecule has 16 heavy (non-hydrogen) atoms. The minimum atomic E-state index is -0.567. The molecule has 0 aromatic heterocycles. The van der Waals surface area contributed by atoms with Gasteiger partial charge in [-0.1, -0.05) is 22.0 Å². The van der Waals surface area contributed by atoms with E-state index in [0.29, 0.717) is 0 Å². The molecule has 0 radical (unpaired) electrons. The summed E-state index contributed by atoms with van der Waals surface area (Å²) in [6.07, 6.45) is 1.29. The highest BCUT2D eigenvalue weighted by Gasteiger charge is 2.26. The van der Waals surface area contributed by atoms with Crippen LogP contribution in [0.5, 0.6) is 5.75 Å². The van der Waals surface area contributed by atoms with E-state index in [-0.39, 0.29) is 6.10 Å². The first-order valence-electron chi connectivity index (χ1n) is 5.35. The minimum absolute atomic E-state index is 0.0790. The van der Waals surface area contributed by atoms with Crippen molar-refractivity contribution in [3.8, 4) is 5.75 Å². The van der Waals surface area contributed by atoms with Crippen LogP contribution in [0.25, 0.3) is 0 Å². The molecule has 1 fully saturated rings. The largest absolute Gasteiger partial charge is 0.497 e. The van der Waals surface area contributed by atoms with Crippen LogP contribution in [-0.2, 0) is 4.74 Å². The average Bonchev–Trinajstić information content (AvgIpc) is 2.81. The van der Waals surface area contributed by atoms with Crippen molar-refractivity contribution in [3.63, 3.8) is 0 Å². The molecule has 2 atom stereocenters. The maximum Gasteiger partial charge on any atom is 0.120 e. The summed E-state index contributed by atoms with van der Waals surface area (Å²) >= 11 is 3.44. The standard InChI is InChI=1S/C12H15BrO3/c1-15-8-4-5-9(10(13)7-8)12(14)11-3-2-6-16-11/h4-5,7,11-12,14H,2-3,6H2,1H3. The maximum atomic E-state index is 10.2. The first-order chi connectivity index (χ1) is 7.72. The molecule has 1 aliphatic rings. The van der Waals surface area contributed by atoms with E-state index < -0.39 is 6.10 Å². The van der Waals surface area contributed by atoms with Gasteiger partial charge in [0, 0.05) is 11.1 Å². The highest BCUT2D eigenvalue weighted by molar-refractivity contribution is 9.10. The molecule has 0 aliphatic carbocycles. The molecule has 0 spiro atoms. The van der Waals surface area contributed by atoms with Crippen molar-refractivity contribution >= 4 is 15.9 Å². The van der Waals surface area contributed by atoms with Crippen molar-refractivity contribution in [1.82, 2.24) is 0 Å². The summed E-state index contributed by atoms with van der Waals surface area (Å²) in [5.74, 6) is 0.773. The number of ether oxygens (including phenoxy) is 2. The lowest BCUT2D eigenvalue weighted by molar-refractivity contribution is -0.00295. The topological polar surface area (TPSA) is 38.7 Å². The quantitative estimate of drug-likeness (QED) is 0.929. The fourth-order valence-electron chi connectivity index (χ4n) is 1.93. The Morgan fingerprint density at radius 1 is 1.56 bits per heavy atom. The fraction of sp³-hybridized carbons (Fsp3) is 0.500. The molecule has 88 valence electrons. The van der Waals surface area contributed by atoms with Crippen LogP contribution >= 0.6 is 15.9 Å². The Bertz CT molecular complexity index is 361. The zero-order valence-electron chi connectivity index (χ0n) is 9.15. The Labute approximate surface area is 104 Å². The van der Waals surface area contributed by atoms with Crippen LogP contribution in [0.2, 0.25) is 0 Å². The van der Waals surface area contributed by atoms with Gasteiger partial charge < -0.3 is 14.6 Å². The predicted octanol–water partition coefficient (Wildman–Crippen LogP) is 2.67. The molecule has 1 aromatic rings. The van der Waals surface area contributed by atoms with E-state index in [1.807, 2.05) is 18.2 Å². The van der Waals surface area contributed by atoms with Gasteiger partial charge in [-0.2, -0.15) is 0 Å². The molecular formula is C12H15BrO3. The molecule has 1 saturated heterocycles. The van der Waals surface area contributed by atoms with E-state index >= 15 is 0 Å². The first kappa shape index (κ1) is 11.9. The van der Waals surface area contributed by atoms with Gasteiger partial charge in [-0.3, -0.25) is 0 Å². The van der Waals surface area contributed by atoms with E-state index in [1.165, 1.54) is 0 Å². The van der Waals surface area contributed by atoms with Crippen LogP contribution in [0.3, 0.4) is 0 Å². The molecule has 1 aromatic carbocycles. The lowest BCUT2D eigenvalue weighted by Gasteiger charge is -2.19. The summed E-state index contributed by atoms with van der Waals surface area (Å²) in [5, 5.41) is 10.2. The summed E-state index contributed by atoms with van der Waals surface area (Å²) in [7, 11) is 1.62. The summed E-state index contributed by atoms with van der Waals surface area (Å²) < 4.78 is 11.4. The van der Waals surface area contributed by atoms with Crippen molar-refractivity contribution in [3.05, 3.63) is 28.2 Å². The molecular weight excluding hydrogens is 272 g/mol. The number of aliphatic hydroxyl groups excluding tert-OH is 1. The van der Waals surface area contributed by atoms with Gasteiger partial charge in [0.1, 0.15) is 11.9 Å². The zero-order valence-corrected chi connectivity index (χ0v) is 10.7. The molecule has 2 rings (SSSR count). The molecule has 3 nitrogen and oxygen atoms in total. The Balaban J connectivity index is 2.19. The van der Waals surface area contributed by atoms with Crippen LogP contribution < -0.4 is 4.74 Å². The van der Waals surface area contributed by atoms with E-state index in [2.05, 4.69) is 15.9 Å². The smallest absolute Gasteiger partial charge is 0.120 e. The second-order valence-corrected chi connectivity index (χ2v) is 4.74. The monoisotopic (exact) mass is 286 g/mol. The summed E-state index contributed by atoms with van der Waals surface area (Å²) in [5.41, 5.74) is 0.854. The van der Waals surface area contributed by atoms with Crippen molar-refractivity contribution in [2.45, 2.75) is 25.0 Å². The molecule has 1 heterocycles. The average molecular weight is 287 g/mol. The Morgan fingerprint density at radius 2 is 2.38 bits per heavy atom. The number of rotatable bonds is 3. The highest BCUT2D eigenvalue weighted by atomic mass is 79.9. The van der Waals surface area contributed by atoms with Crippen LogP contribution in [0.15, 0.2) is 22.7 Å². The number of methoxy groups -OCH3 is 1. The van der Waals surface area contributed by atoms with Gasteiger partial charge in [0.2, 0.25) is 0 Å². The van der Waals surface area contributed by atoms with Gasteiger partial charge in [0.25, 0.3) is 0 Å². The molecule has 4 heteroatoms. The summed E-state index contributed by atoms with van der Waals surface area (Å²) in [6, 6.07) is 5.57. The Morgan fingerprint density at radius 3 is 2.94 bits per heavy atom.